The van der Waals surface area contributed by atoms with Gasteiger partial charge in [-0.25, -0.2) is 0 Å². The van der Waals surface area contributed by atoms with Crippen molar-refractivity contribution >= 4 is 12.3 Å². The minimum absolute atomic E-state index is 0.170. The van der Waals surface area contributed by atoms with Crippen LogP contribution in [0.15, 0.2) is 54.6 Å². The Balaban J connectivity index is 1.59. The maximum absolute atomic E-state index is 12.1. The first-order valence-electron chi connectivity index (χ1n) is 7.96. The van der Waals surface area contributed by atoms with Crippen molar-refractivity contribution in [3.05, 3.63) is 60.2 Å². The highest BCUT2D eigenvalue weighted by Gasteiger charge is 2.62. The SMILES string of the molecule is CC1(C)[C@H](C=O)[C@@H]1C(=O)OCc1cccc(Oc2ccccc2)c1. The molecular weight excluding hydrogens is 304 g/mol. The Morgan fingerprint density at radius 2 is 1.79 bits per heavy atom. The first-order chi connectivity index (χ1) is 11.5. The van der Waals surface area contributed by atoms with E-state index in [4.69, 9.17) is 9.47 Å². The van der Waals surface area contributed by atoms with Crippen LogP contribution in [0.2, 0.25) is 0 Å². The van der Waals surface area contributed by atoms with Crippen LogP contribution in [0.4, 0.5) is 0 Å². The molecule has 1 saturated carbocycles. The van der Waals surface area contributed by atoms with Gasteiger partial charge in [-0.05, 0) is 35.2 Å². The number of hydrogen-bond acceptors (Lipinski definition) is 4. The van der Waals surface area contributed by atoms with E-state index >= 15 is 0 Å². The highest BCUT2D eigenvalue weighted by Crippen LogP contribution is 2.57. The smallest absolute Gasteiger partial charge is 0.310 e. The summed E-state index contributed by atoms with van der Waals surface area (Å²) in [6, 6.07) is 16.9. The summed E-state index contributed by atoms with van der Waals surface area (Å²) in [6.07, 6.45) is 0.847. The summed E-state index contributed by atoms with van der Waals surface area (Å²) >= 11 is 0. The summed E-state index contributed by atoms with van der Waals surface area (Å²) < 4.78 is 11.1. The molecule has 24 heavy (non-hydrogen) atoms. The lowest BCUT2D eigenvalue weighted by Gasteiger charge is -2.09. The van der Waals surface area contributed by atoms with Crippen molar-refractivity contribution in [3.8, 4) is 11.5 Å². The fourth-order valence-electron chi connectivity index (χ4n) is 2.95. The van der Waals surface area contributed by atoms with Gasteiger partial charge in [0.25, 0.3) is 0 Å². The van der Waals surface area contributed by atoms with Crippen LogP contribution in [-0.2, 0) is 20.9 Å². The molecule has 1 fully saturated rings. The van der Waals surface area contributed by atoms with E-state index < -0.39 is 0 Å². The van der Waals surface area contributed by atoms with Crippen molar-refractivity contribution in [2.75, 3.05) is 0 Å². The number of esters is 1. The summed E-state index contributed by atoms with van der Waals surface area (Å²) in [5, 5.41) is 0. The van der Waals surface area contributed by atoms with E-state index in [0.717, 1.165) is 17.6 Å². The molecule has 0 heterocycles. The first-order valence-corrected chi connectivity index (χ1v) is 7.96. The predicted octanol–water partition coefficient (Wildman–Crippen LogP) is 3.99. The Labute approximate surface area is 141 Å². The fraction of sp³-hybridized carbons (Fsp3) is 0.300. The van der Waals surface area contributed by atoms with Gasteiger partial charge in [0.1, 0.15) is 24.4 Å². The second kappa shape index (κ2) is 6.48. The first kappa shape index (κ1) is 16.2. The number of ether oxygens (including phenoxy) is 2. The minimum atomic E-state index is -0.334. The Morgan fingerprint density at radius 3 is 2.46 bits per heavy atom. The van der Waals surface area contributed by atoms with Crippen LogP contribution in [0.1, 0.15) is 19.4 Å². The van der Waals surface area contributed by atoms with Gasteiger partial charge >= 0.3 is 5.97 Å². The Hall–Kier alpha value is -2.62. The number of carbonyl (C=O) groups excluding carboxylic acids is 2. The lowest BCUT2D eigenvalue weighted by molar-refractivity contribution is -0.148. The van der Waals surface area contributed by atoms with E-state index in [2.05, 4.69) is 0 Å². The van der Waals surface area contributed by atoms with E-state index in [-0.39, 0.29) is 29.8 Å². The molecule has 2 aromatic carbocycles. The third kappa shape index (κ3) is 3.32. The van der Waals surface area contributed by atoms with E-state index in [1.54, 1.807) is 0 Å². The zero-order chi connectivity index (χ0) is 17.2. The summed E-state index contributed by atoms with van der Waals surface area (Å²) in [5.74, 6) is 0.551. The van der Waals surface area contributed by atoms with Crippen LogP contribution in [0, 0.1) is 17.3 Å². The minimum Gasteiger partial charge on any atom is -0.461 e. The maximum atomic E-state index is 12.1. The molecule has 0 unspecified atom stereocenters. The molecule has 0 amide bonds. The number of benzene rings is 2. The zero-order valence-electron chi connectivity index (χ0n) is 13.8. The molecule has 1 aliphatic carbocycles. The normalized spacial score (nSPS) is 20.9. The third-order valence-corrected chi connectivity index (χ3v) is 4.57. The molecule has 0 N–H and O–H groups in total. The number of rotatable bonds is 6. The highest BCUT2D eigenvalue weighted by atomic mass is 16.5. The second-order valence-electron chi connectivity index (χ2n) is 6.63. The summed E-state index contributed by atoms with van der Waals surface area (Å²) in [6.45, 7) is 3.99. The van der Waals surface area contributed by atoms with Crippen molar-refractivity contribution in [1.29, 1.82) is 0 Å². The van der Waals surface area contributed by atoms with Crippen molar-refractivity contribution in [2.24, 2.45) is 17.3 Å². The van der Waals surface area contributed by atoms with E-state index in [0.29, 0.717) is 5.75 Å². The third-order valence-electron chi connectivity index (χ3n) is 4.57. The standard InChI is InChI=1S/C20H20O4/c1-20(2)17(12-21)18(20)19(22)23-13-14-7-6-10-16(11-14)24-15-8-4-3-5-9-15/h3-12,17-18H,13H2,1-2H3/t17-,18-/m1/s1. The molecule has 2 aromatic rings. The number of carbonyl (C=O) groups is 2. The average molecular weight is 324 g/mol. The van der Waals surface area contributed by atoms with E-state index in [9.17, 15) is 9.59 Å². The van der Waals surface area contributed by atoms with Crippen molar-refractivity contribution in [3.63, 3.8) is 0 Å². The topological polar surface area (TPSA) is 52.6 Å². The van der Waals surface area contributed by atoms with Gasteiger partial charge in [-0.1, -0.05) is 44.2 Å². The molecule has 1 aliphatic rings. The average Bonchev–Trinajstić information content (AvgIpc) is 3.15. The van der Waals surface area contributed by atoms with E-state index in [1.165, 1.54) is 0 Å². The Morgan fingerprint density at radius 1 is 1.08 bits per heavy atom. The van der Waals surface area contributed by atoms with Crippen LogP contribution < -0.4 is 4.74 Å². The van der Waals surface area contributed by atoms with Gasteiger partial charge in [-0.15, -0.1) is 0 Å². The molecule has 4 nitrogen and oxygen atoms in total. The summed E-state index contributed by atoms with van der Waals surface area (Å²) in [7, 11) is 0. The molecule has 0 bridgehead atoms. The van der Waals surface area contributed by atoms with Crippen LogP contribution >= 0.6 is 0 Å². The molecule has 0 radical (unpaired) electrons. The molecule has 0 spiro atoms. The molecule has 4 heteroatoms. The molecule has 3 rings (SSSR count). The number of para-hydroxylation sites is 1. The number of hydrogen-bond donors (Lipinski definition) is 0. The predicted molar refractivity (Wildman–Crippen MR) is 89.6 cm³/mol. The molecule has 124 valence electrons. The van der Waals surface area contributed by atoms with Gasteiger partial charge in [0.2, 0.25) is 0 Å². The van der Waals surface area contributed by atoms with Crippen molar-refractivity contribution < 1.29 is 19.1 Å². The lowest BCUT2D eigenvalue weighted by Crippen LogP contribution is -2.10. The lowest BCUT2D eigenvalue weighted by atomic mass is 10.1. The van der Waals surface area contributed by atoms with Crippen molar-refractivity contribution in [2.45, 2.75) is 20.5 Å². The number of aldehydes is 1. The highest BCUT2D eigenvalue weighted by molar-refractivity contribution is 5.84. The van der Waals surface area contributed by atoms with E-state index in [1.807, 2.05) is 68.4 Å². The maximum Gasteiger partial charge on any atom is 0.310 e. The Bertz CT molecular complexity index is 736. The van der Waals surface area contributed by atoms with Crippen molar-refractivity contribution in [1.82, 2.24) is 0 Å². The zero-order valence-corrected chi connectivity index (χ0v) is 13.8. The van der Waals surface area contributed by atoms with Gasteiger partial charge in [0.05, 0.1) is 5.92 Å². The Kier molecular flexibility index (Phi) is 4.38. The quantitative estimate of drug-likeness (QED) is 0.595. The molecular formula is C20H20O4. The molecule has 0 aromatic heterocycles. The van der Waals surface area contributed by atoms with Crippen LogP contribution in [-0.4, -0.2) is 12.3 Å². The monoisotopic (exact) mass is 324 g/mol. The van der Waals surface area contributed by atoms with Crippen LogP contribution in [0.5, 0.6) is 11.5 Å². The molecule has 0 aliphatic heterocycles. The van der Waals surface area contributed by atoms with Crippen LogP contribution in [0.25, 0.3) is 0 Å². The summed E-state index contributed by atoms with van der Waals surface area (Å²) in [4.78, 5) is 23.1. The van der Waals surface area contributed by atoms with Gasteiger partial charge in [0, 0.05) is 5.92 Å². The largest absolute Gasteiger partial charge is 0.461 e. The van der Waals surface area contributed by atoms with Gasteiger partial charge < -0.3 is 14.3 Å². The molecule has 0 saturated heterocycles. The van der Waals surface area contributed by atoms with Gasteiger partial charge in [-0.2, -0.15) is 0 Å². The van der Waals surface area contributed by atoms with Crippen LogP contribution in [0.3, 0.4) is 0 Å². The summed E-state index contributed by atoms with van der Waals surface area (Å²) in [5.41, 5.74) is 0.551. The molecule has 2 atom stereocenters. The fourth-order valence-corrected chi connectivity index (χ4v) is 2.95. The van der Waals surface area contributed by atoms with Gasteiger partial charge in [0.15, 0.2) is 0 Å². The van der Waals surface area contributed by atoms with Gasteiger partial charge in [-0.3, -0.25) is 4.79 Å². The second-order valence-corrected chi connectivity index (χ2v) is 6.63.